The zero-order chi connectivity index (χ0) is 26.6. The molecule has 0 bridgehead atoms. The molecular weight excluding hydrogens is 481 g/mol. The molecule has 1 aliphatic heterocycles. The number of halogens is 3. The molecule has 1 saturated heterocycles. The Hall–Kier alpha value is -3.24. The fraction of sp³-hybridized carbons (Fsp3) is 0.444. The lowest BCUT2D eigenvalue weighted by atomic mass is 10.1. The standard InChI is InChI=1S/C27H33F3N6O/c1-19-9-8-11-22-24(19)36(21-10-4-5-15-35(18-21)16-7-6-14-34(2)3)26(32-22)33-25(37)20-12-13-31-23(17-20)27(28,29)30/h6-9,11-13,17,21H,4-5,10,14-16,18H2,1-3H3,(H,32,33,37)/b7-6+/t21-/m1/s1. The van der Waals surface area contributed by atoms with Crippen LogP contribution in [0, 0.1) is 6.92 Å². The minimum absolute atomic E-state index is 0.0503. The van der Waals surface area contributed by atoms with Crippen molar-refractivity contribution >= 4 is 22.9 Å². The van der Waals surface area contributed by atoms with Crippen molar-refractivity contribution in [3.63, 3.8) is 0 Å². The second kappa shape index (κ2) is 11.4. The van der Waals surface area contributed by atoms with Crippen LogP contribution < -0.4 is 5.32 Å². The van der Waals surface area contributed by atoms with Crippen LogP contribution >= 0.6 is 0 Å². The maximum atomic E-state index is 13.2. The third-order valence-electron chi connectivity index (χ3n) is 6.55. The van der Waals surface area contributed by atoms with E-state index >= 15 is 0 Å². The van der Waals surface area contributed by atoms with Gasteiger partial charge in [-0.15, -0.1) is 0 Å². The van der Waals surface area contributed by atoms with Gasteiger partial charge in [0.2, 0.25) is 5.95 Å². The average molecular weight is 515 g/mol. The number of likely N-dealkylation sites (tertiary alicyclic amines) is 1. The number of alkyl halides is 3. The number of rotatable bonds is 7. The number of imidazole rings is 1. The van der Waals surface area contributed by atoms with Gasteiger partial charge in [0.25, 0.3) is 5.91 Å². The van der Waals surface area contributed by atoms with Gasteiger partial charge >= 0.3 is 6.18 Å². The van der Waals surface area contributed by atoms with E-state index in [1.54, 1.807) is 0 Å². The number of carbonyl (C=O) groups is 1. The summed E-state index contributed by atoms with van der Waals surface area (Å²) in [4.78, 5) is 25.6. The molecule has 1 aromatic carbocycles. The van der Waals surface area contributed by atoms with Gasteiger partial charge in [0.1, 0.15) is 5.69 Å². The quantitative estimate of drug-likeness (QED) is 0.442. The summed E-state index contributed by atoms with van der Waals surface area (Å²) in [5.41, 5.74) is 1.47. The van der Waals surface area contributed by atoms with Gasteiger partial charge in [-0.05, 0) is 64.2 Å². The van der Waals surface area contributed by atoms with E-state index in [-0.39, 0.29) is 11.6 Å². The van der Waals surface area contributed by atoms with Crippen molar-refractivity contribution in [2.45, 2.75) is 38.4 Å². The highest BCUT2D eigenvalue weighted by Crippen LogP contribution is 2.32. The number of benzene rings is 1. The van der Waals surface area contributed by atoms with Gasteiger partial charge in [-0.1, -0.05) is 30.7 Å². The van der Waals surface area contributed by atoms with Crippen molar-refractivity contribution in [1.29, 1.82) is 0 Å². The molecule has 1 fully saturated rings. The smallest absolute Gasteiger partial charge is 0.306 e. The van der Waals surface area contributed by atoms with Gasteiger partial charge in [-0.2, -0.15) is 13.2 Å². The highest BCUT2D eigenvalue weighted by atomic mass is 19.4. The van der Waals surface area contributed by atoms with Crippen molar-refractivity contribution < 1.29 is 18.0 Å². The first-order chi connectivity index (χ1) is 17.6. The van der Waals surface area contributed by atoms with E-state index in [1.807, 2.05) is 39.2 Å². The zero-order valence-electron chi connectivity index (χ0n) is 21.4. The summed E-state index contributed by atoms with van der Waals surface area (Å²) < 4.78 is 41.5. The summed E-state index contributed by atoms with van der Waals surface area (Å²) in [6.07, 6.45) is 3.72. The Kier molecular flexibility index (Phi) is 8.29. The largest absolute Gasteiger partial charge is 0.433 e. The van der Waals surface area contributed by atoms with Crippen LogP contribution in [-0.4, -0.2) is 70.5 Å². The first kappa shape index (κ1) is 26.8. The number of pyridine rings is 1. The first-order valence-electron chi connectivity index (χ1n) is 12.5. The monoisotopic (exact) mass is 514 g/mol. The highest BCUT2D eigenvalue weighted by Gasteiger charge is 2.33. The summed E-state index contributed by atoms with van der Waals surface area (Å²) in [5.74, 6) is -0.311. The molecule has 198 valence electrons. The van der Waals surface area contributed by atoms with Crippen LogP contribution in [0.4, 0.5) is 19.1 Å². The number of nitrogens with zero attached hydrogens (tertiary/aromatic N) is 5. The van der Waals surface area contributed by atoms with Gasteiger partial charge in [-0.25, -0.2) is 4.98 Å². The molecule has 0 spiro atoms. The summed E-state index contributed by atoms with van der Waals surface area (Å²) in [5, 5.41) is 2.80. The Balaban J connectivity index is 1.65. The molecule has 10 heteroatoms. The SMILES string of the molecule is Cc1cccc2nc(NC(=O)c3ccnc(C(F)(F)F)c3)n([C@@H]3CCCCN(C/C=C/CN(C)C)C3)c12. The number of carbonyl (C=O) groups excluding carboxylic acids is 1. The lowest BCUT2D eigenvalue weighted by molar-refractivity contribution is -0.141. The maximum Gasteiger partial charge on any atom is 0.433 e. The van der Waals surface area contributed by atoms with E-state index in [0.717, 1.165) is 74.3 Å². The second-order valence-corrected chi connectivity index (χ2v) is 9.77. The molecule has 4 rings (SSSR count). The maximum absolute atomic E-state index is 13.2. The van der Waals surface area contributed by atoms with Gasteiger partial charge < -0.3 is 9.47 Å². The number of fused-ring (bicyclic) bond motifs is 1. The molecular formula is C27H33F3N6O. The zero-order valence-corrected chi connectivity index (χ0v) is 21.4. The molecule has 2 aromatic heterocycles. The van der Waals surface area contributed by atoms with Gasteiger partial charge in [0.15, 0.2) is 0 Å². The van der Waals surface area contributed by atoms with Crippen molar-refractivity contribution in [2.24, 2.45) is 0 Å². The van der Waals surface area contributed by atoms with Crippen molar-refractivity contribution in [2.75, 3.05) is 45.6 Å². The van der Waals surface area contributed by atoms with E-state index in [2.05, 4.69) is 36.8 Å². The Labute approximate surface area is 215 Å². The molecule has 3 aromatic rings. The van der Waals surface area contributed by atoms with Crippen LogP contribution in [0.3, 0.4) is 0 Å². The second-order valence-electron chi connectivity index (χ2n) is 9.77. The third kappa shape index (κ3) is 6.56. The van der Waals surface area contributed by atoms with E-state index in [9.17, 15) is 18.0 Å². The molecule has 1 atom stereocenters. The molecule has 1 N–H and O–H groups in total. The van der Waals surface area contributed by atoms with E-state index in [1.165, 1.54) is 6.07 Å². The van der Waals surface area contributed by atoms with E-state index in [0.29, 0.717) is 5.95 Å². The van der Waals surface area contributed by atoms with Crippen LogP contribution in [0.5, 0.6) is 0 Å². The van der Waals surface area contributed by atoms with Crippen molar-refractivity contribution in [1.82, 2.24) is 24.3 Å². The Morgan fingerprint density at radius 1 is 1.22 bits per heavy atom. The van der Waals surface area contributed by atoms with Gasteiger partial charge in [0, 0.05) is 37.4 Å². The number of nitrogens with one attached hydrogen (secondary N) is 1. The fourth-order valence-corrected chi connectivity index (χ4v) is 4.75. The predicted octanol–water partition coefficient (Wildman–Crippen LogP) is 5.16. The first-order valence-corrected chi connectivity index (χ1v) is 12.5. The lowest BCUT2D eigenvalue weighted by Crippen LogP contribution is -2.31. The molecule has 37 heavy (non-hydrogen) atoms. The topological polar surface area (TPSA) is 66.3 Å². The number of aryl methyl sites for hydroxylation is 1. The summed E-state index contributed by atoms with van der Waals surface area (Å²) >= 11 is 0. The Bertz CT molecular complexity index is 1270. The Morgan fingerprint density at radius 2 is 2.03 bits per heavy atom. The number of hydrogen-bond acceptors (Lipinski definition) is 5. The average Bonchev–Trinajstić information content (AvgIpc) is 3.05. The predicted molar refractivity (Wildman–Crippen MR) is 139 cm³/mol. The molecule has 1 amide bonds. The normalized spacial score (nSPS) is 17.5. The van der Waals surface area contributed by atoms with Crippen LogP contribution in [-0.2, 0) is 6.18 Å². The minimum Gasteiger partial charge on any atom is -0.306 e. The summed E-state index contributed by atoms with van der Waals surface area (Å²) in [6, 6.07) is 7.89. The van der Waals surface area contributed by atoms with Crippen LogP contribution in [0.2, 0.25) is 0 Å². The minimum atomic E-state index is -4.63. The number of anilines is 1. The summed E-state index contributed by atoms with van der Waals surface area (Å²) in [7, 11) is 4.06. The van der Waals surface area contributed by atoms with Crippen LogP contribution in [0.25, 0.3) is 11.0 Å². The van der Waals surface area contributed by atoms with E-state index in [4.69, 9.17) is 4.98 Å². The number of likely N-dealkylation sites (N-methyl/N-ethyl adjacent to an activating group) is 1. The fourth-order valence-electron chi connectivity index (χ4n) is 4.75. The third-order valence-corrected chi connectivity index (χ3v) is 6.55. The van der Waals surface area contributed by atoms with E-state index < -0.39 is 17.8 Å². The van der Waals surface area contributed by atoms with Crippen LogP contribution in [0.1, 0.15) is 46.9 Å². The molecule has 0 saturated carbocycles. The molecule has 1 aliphatic rings. The molecule has 0 radical (unpaired) electrons. The number of amides is 1. The van der Waals surface area contributed by atoms with Crippen LogP contribution in [0.15, 0.2) is 48.7 Å². The molecule has 3 heterocycles. The number of aromatic nitrogens is 3. The lowest BCUT2D eigenvalue weighted by Gasteiger charge is -2.26. The molecule has 0 unspecified atom stereocenters. The van der Waals surface area contributed by atoms with Gasteiger partial charge in [-0.3, -0.25) is 20.0 Å². The molecule has 0 aliphatic carbocycles. The Morgan fingerprint density at radius 3 is 2.78 bits per heavy atom. The van der Waals surface area contributed by atoms with Gasteiger partial charge in [0.05, 0.1) is 11.0 Å². The number of para-hydroxylation sites is 1. The highest BCUT2D eigenvalue weighted by molar-refractivity contribution is 6.04. The number of hydrogen-bond donors (Lipinski definition) is 1. The van der Waals surface area contributed by atoms with Crippen molar-refractivity contribution in [3.05, 3.63) is 65.5 Å². The summed E-state index contributed by atoms with van der Waals surface area (Å²) in [6.45, 7) is 5.47. The van der Waals surface area contributed by atoms with Crippen molar-refractivity contribution in [3.8, 4) is 0 Å². The molecule has 7 nitrogen and oxygen atoms in total.